The van der Waals surface area contributed by atoms with Crippen LogP contribution in [-0.2, 0) is 14.3 Å². The van der Waals surface area contributed by atoms with E-state index in [0.717, 1.165) is 6.07 Å². The summed E-state index contributed by atoms with van der Waals surface area (Å²) in [5.74, 6) is -2.57. The van der Waals surface area contributed by atoms with E-state index < -0.39 is 23.5 Å². The molecule has 0 aromatic heterocycles. The van der Waals surface area contributed by atoms with Gasteiger partial charge >= 0.3 is 5.97 Å². The molecule has 0 spiro atoms. The molecule has 0 radical (unpaired) electrons. The van der Waals surface area contributed by atoms with Crippen LogP contribution in [0.15, 0.2) is 65.3 Å². The molecule has 29 heavy (non-hydrogen) atoms. The molecule has 0 amide bonds. The van der Waals surface area contributed by atoms with E-state index in [1.165, 1.54) is 12.1 Å². The van der Waals surface area contributed by atoms with Crippen molar-refractivity contribution in [1.82, 2.24) is 0 Å². The minimum Gasteiger partial charge on any atom is -0.463 e. The van der Waals surface area contributed by atoms with Crippen LogP contribution < -0.4 is 5.73 Å². The largest absolute Gasteiger partial charge is 0.463 e. The Bertz CT molecular complexity index is 1050. The lowest BCUT2D eigenvalue weighted by atomic mass is 9.82. The normalized spacial score (nSPS) is 16.3. The molecule has 2 aromatic carbocycles. The fourth-order valence-corrected chi connectivity index (χ4v) is 3.28. The van der Waals surface area contributed by atoms with Crippen LogP contribution in [0.25, 0.3) is 11.1 Å². The van der Waals surface area contributed by atoms with Gasteiger partial charge in [-0.1, -0.05) is 24.3 Å². The Morgan fingerprint density at radius 3 is 2.34 bits per heavy atom. The Morgan fingerprint density at radius 1 is 1.17 bits per heavy atom. The Kier molecular flexibility index (Phi) is 5.64. The van der Waals surface area contributed by atoms with Crippen molar-refractivity contribution in [2.75, 3.05) is 6.61 Å². The number of hydrogen-bond acceptors (Lipinski definition) is 5. The maximum atomic E-state index is 13.5. The van der Waals surface area contributed by atoms with E-state index in [9.17, 15) is 18.8 Å². The number of ether oxygens (including phenoxy) is 2. The lowest BCUT2D eigenvalue weighted by Gasteiger charge is -2.27. The number of nitrogens with two attached hydrogens (primary N) is 1. The average molecular weight is 396 g/mol. The number of benzene rings is 2. The second-order valence-corrected chi connectivity index (χ2v) is 6.40. The predicted molar refractivity (Wildman–Crippen MR) is 102 cm³/mol. The molecule has 1 unspecified atom stereocenters. The minimum atomic E-state index is -0.772. The first-order valence-corrected chi connectivity index (χ1v) is 8.87. The molecule has 3 rings (SSSR count). The van der Waals surface area contributed by atoms with Gasteiger partial charge in [0.05, 0.1) is 18.1 Å². The van der Waals surface area contributed by atoms with Crippen LogP contribution in [0.3, 0.4) is 0 Å². The topological polar surface area (TPSA) is 85.3 Å². The number of nitrogens with zero attached hydrogens (tertiary/aromatic N) is 1. The number of carbonyl (C=O) groups is 1. The molecule has 0 saturated carbocycles. The summed E-state index contributed by atoms with van der Waals surface area (Å²) < 4.78 is 37.5. The number of hydrogen-bond donors (Lipinski definition) is 1. The average Bonchev–Trinajstić information content (AvgIpc) is 2.67. The van der Waals surface area contributed by atoms with Crippen molar-refractivity contribution in [1.29, 1.82) is 5.26 Å². The lowest BCUT2D eigenvalue weighted by Crippen LogP contribution is -2.25. The van der Waals surface area contributed by atoms with Gasteiger partial charge in [0.1, 0.15) is 29.0 Å². The number of carbonyl (C=O) groups excluding carboxylic acids is 1. The summed E-state index contributed by atoms with van der Waals surface area (Å²) in [6.45, 7) is 3.41. The maximum Gasteiger partial charge on any atom is 0.338 e. The first kappa shape index (κ1) is 20.1. The van der Waals surface area contributed by atoms with Gasteiger partial charge in [-0.25, -0.2) is 13.6 Å². The van der Waals surface area contributed by atoms with Crippen LogP contribution in [0.4, 0.5) is 8.78 Å². The van der Waals surface area contributed by atoms with Gasteiger partial charge in [0, 0.05) is 6.07 Å². The van der Waals surface area contributed by atoms with Crippen LogP contribution in [0, 0.1) is 23.0 Å². The highest BCUT2D eigenvalue weighted by atomic mass is 19.1. The molecule has 0 saturated heterocycles. The van der Waals surface area contributed by atoms with E-state index in [1.807, 2.05) is 6.07 Å². The van der Waals surface area contributed by atoms with E-state index in [4.69, 9.17) is 15.2 Å². The molecular weight excluding hydrogens is 378 g/mol. The second-order valence-electron chi connectivity index (χ2n) is 6.40. The Balaban J connectivity index is 2.06. The first-order chi connectivity index (χ1) is 13.8. The minimum absolute atomic E-state index is 0.0840. The summed E-state index contributed by atoms with van der Waals surface area (Å²) in [4.78, 5) is 12.5. The van der Waals surface area contributed by atoms with Crippen molar-refractivity contribution in [2.45, 2.75) is 19.8 Å². The Morgan fingerprint density at radius 2 is 1.79 bits per heavy atom. The third kappa shape index (κ3) is 3.97. The molecular formula is C22H18F2N2O3. The van der Waals surface area contributed by atoms with Gasteiger partial charge in [-0.3, -0.25) is 0 Å². The fourth-order valence-electron chi connectivity index (χ4n) is 3.28. The molecule has 0 aliphatic carbocycles. The SMILES string of the molecule is CCOC(=O)C1=C(C)OC(N)=C(C#N)C1c1ccc(-c2cc(F)cc(F)c2)cc1. The summed E-state index contributed by atoms with van der Waals surface area (Å²) >= 11 is 0. The van der Waals surface area contributed by atoms with Gasteiger partial charge in [0.2, 0.25) is 5.88 Å². The zero-order valence-electron chi connectivity index (χ0n) is 15.8. The number of halogens is 2. The second kappa shape index (κ2) is 8.15. The maximum absolute atomic E-state index is 13.5. The number of esters is 1. The van der Waals surface area contributed by atoms with Gasteiger partial charge in [-0.2, -0.15) is 5.26 Å². The summed E-state index contributed by atoms with van der Waals surface area (Å²) in [7, 11) is 0. The predicted octanol–water partition coefficient (Wildman–Crippen LogP) is 4.28. The molecule has 2 aromatic rings. The van der Waals surface area contributed by atoms with Crippen molar-refractivity contribution >= 4 is 5.97 Å². The molecule has 0 fully saturated rings. The third-order valence-electron chi connectivity index (χ3n) is 4.54. The van der Waals surface area contributed by atoms with E-state index >= 15 is 0 Å². The molecule has 5 nitrogen and oxygen atoms in total. The number of rotatable bonds is 4. The van der Waals surface area contributed by atoms with Gasteiger partial charge < -0.3 is 15.2 Å². The molecule has 148 valence electrons. The van der Waals surface area contributed by atoms with Gasteiger partial charge in [0.25, 0.3) is 0 Å². The molecule has 7 heteroatoms. The first-order valence-electron chi connectivity index (χ1n) is 8.87. The molecule has 1 aliphatic heterocycles. The van der Waals surface area contributed by atoms with Crippen LogP contribution in [-0.4, -0.2) is 12.6 Å². The highest BCUT2D eigenvalue weighted by molar-refractivity contribution is 5.92. The zero-order valence-corrected chi connectivity index (χ0v) is 15.8. The van der Waals surface area contributed by atoms with Crippen molar-refractivity contribution in [2.24, 2.45) is 5.73 Å². The zero-order chi connectivity index (χ0) is 21.1. The smallest absolute Gasteiger partial charge is 0.338 e. The van der Waals surface area contributed by atoms with E-state index in [1.54, 1.807) is 38.1 Å². The standard InChI is InChI=1S/C22H18F2N2O3/c1-3-28-22(27)19-12(2)29-21(26)18(11-25)20(19)14-6-4-13(5-7-14)15-8-16(23)10-17(24)9-15/h4-10,20H,3,26H2,1-2H3. The van der Waals surface area contributed by atoms with Crippen molar-refractivity contribution in [3.63, 3.8) is 0 Å². The quantitative estimate of drug-likeness (QED) is 0.780. The van der Waals surface area contributed by atoms with Gasteiger partial charge in [-0.15, -0.1) is 0 Å². The van der Waals surface area contributed by atoms with Crippen LogP contribution >= 0.6 is 0 Å². The number of allylic oxidation sites excluding steroid dienone is 2. The Hall–Kier alpha value is -3.66. The molecule has 2 N–H and O–H groups in total. The molecule has 1 aliphatic rings. The number of nitriles is 1. The van der Waals surface area contributed by atoms with E-state index in [-0.39, 0.29) is 29.4 Å². The molecule has 1 atom stereocenters. The van der Waals surface area contributed by atoms with Crippen LogP contribution in [0.5, 0.6) is 0 Å². The van der Waals surface area contributed by atoms with Crippen LogP contribution in [0.2, 0.25) is 0 Å². The van der Waals surface area contributed by atoms with Gasteiger partial charge in [-0.05, 0) is 42.7 Å². The van der Waals surface area contributed by atoms with E-state index in [2.05, 4.69) is 0 Å². The van der Waals surface area contributed by atoms with Crippen molar-refractivity contribution < 1.29 is 23.0 Å². The monoisotopic (exact) mass is 396 g/mol. The van der Waals surface area contributed by atoms with E-state index in [0.29, 0.717) is 16.7 Å². The molecule has 0 bridgehead atoms. The Labute approximate surface area is 166 Å². The highest BCUT2D eigenvalue weighted by Gasteiger charge is 2.36. The summed E-state index contributed by atoms with van der Waals surface area (Å²) in [5.41, 5.74) is 7.67. The highest BCUT2D eigenvalue weighted by Crippen LogP contribution is 2.40. The lowest BCUT2D eigenvalue weighted by molar-refractivity contribution is -0.139. The summed E-state index contributed by atoms with van der Waals surface area (Å²) in [5, 5.41) is 9.58. The summed E-state index contributed by atoms with van der Waals surface area (Å²) in [6, 6.07) is 11.9. The third-order valence-corrected chi connectivity index (χ3v) is 4.54. The summed E-state index contributed by atoms with van der Waals surface area (Å²) in [6.07, 6.45) is 0. The fraction of sp³-hybridized carbons (Fsp3) is 0.182. The molecule has 1 heterocycles. The van der Waals surface area contributed by atoms with Crippen LogP contribution in [0.1, 0.15) is 25.3 Å². The van der Waals surface area contributed by atoms with Gasteiger partial charge in [0.15, 0.2) is 0 Å². The van der Waals surface area contributed by atoms with Crippen molar-refractivity contribution in [3.05, 3.63) is 82.5 Å². The van der Waals surface area contributed by atoms with Crippen molar-refractivity contribution in [3.8, 4) is 17.2 Å².